The number of carbonyl (C=O) groups is 1. The van der Waals surface area contributed by atoms with Gasteiger partial charge in [-0.1, -0.05) is 36.4 Å². The number of anilines is 1. The highest BCUT2D eigenvalue weighted by molar-refractivity contribution is 7.98. The SMILES string of the molecule is CSCCC(NS(=O)(=O)c1ccccc1)C(=O)Nc1cccc(OCc2cccc(F)c2)c1. The average Bonchev–Trinajstić information content (AvgIpc) is 2.81. The summed E-state index contributed by atoms with van der Waals surface area (Å²) in [5.41, 5.74) is 1.14. The van der Waals surface area contributed by atoms with Gasteiger partial charge in [-0.05, 0) is 60.4 Å². The predicted octanol–water partition coefficient (Wildman–Crippen LogP) is 4.44. The first kappa shape index (κ1) is 24.8. The van der Waals surface area contributed by atoms with Crippen LogP contribution in [0.2, 0.25) is 0 Å². The van der Waals surface area contributed by atoms with E-state index in [1.54, 1.807) is 54.6 Å². The molecule has 1 amide bonds. The van der Waals surface area contributed by atoms with Crippen molar-refractivity contribution in [3.05, 3.63) is 90.2 Å². The maximum Gasteiger partial charge on any atom is 0.242 e. The number of rotatable bonds is 11. The van der Waals surface area contributed by atoms with Crippen LogP contribution in [0, 0.1) is 5.82 Å². The van der Waals surface area contributed by atoms with Gasteiger partial charge in [0, 0.05) is 11.8 Å². The molecule has 0 fully saturated rings. The molecule has 1 atom stereocenters. The highest BCUT2D eigenvalue weighted by Crippen LogP contribution is 2.20. The van der Waals surface area contributed by atoms with Crippen LogP contribution in [0.5, 0.6) is 5.75 Å². The number of hydrogen-bond acceptors (Lipinski definition) is 5. The Morgan fingerprint density at radius 1 is 1.03 bits per heavy atom. The Hall–Kier alpha value is -2.88. The zero-order chi connectivity index (χ0) is 23.7. The predicted molar refractivity (Wildman–Crippen MR) is 129 cm³/mol. The van der Waals surface area contributed by atoms with Crippen molar-refractivity contribution in [2.24, 2.45) is 0 Å². The monoisotopic (exact) mass is 488 g/mol. The Balaban J connectivity index is 1.68. The second-order valence-corrected chi connectivity index (χ2v) is 9.90. The number of ether oxygens (including phenoxy) is 1. The molecule has 0 aromatic heterocycles. The molecule has 0 heterocycles. The third-order valence-electron chi connectivity index (χ3n) is 4.67. The lowest BCUT2D eigenvalue weighted by Crippen LogP contribution is -2.44. The molecule has 0 saturated carbocycles. The minimum absolute atomic E-state index is 0.0969. The van der Waals surface area contributed by atoms with Crippen molar-refractivity contribution in [1.82, 2.24) is 4.72 Å². The Labute approximate surface area is 197 Å². The van der Waals surface area contributed by atoms with E-state index in [1.165, 1.54) is 36.0 Å². The minimum Gasteiger partial charge on any atom is -0.489 e. The van der Waals surface area contributed by atoms with Crippen LogP contribution in [0.15, 0.2) is 83.8 Å². The van der Waals surface area contributed by atoms with Gasteiger partial charge in [-0.2, -0.15) is 16.5 Å². The minimum atomic E-state index is -3.85. The van der Waals surface area contributed by atoms with Gasteiger partial charge in [0.1, 0.15) is 24.2 Å². The molecule has 0 aliphatic carbocycles. The first-order valence-electron chi connectivity index (χ1n) is 10.2. The molecule has 0 saturated heterocycles. The Kier molecular flexibility index (Phi) is 8.87. The number of amides is 1. The van der Waals surface area contributed by atoms with E-state index in [2.05, 4.69) is 10.0 Å². The van der Waals surface area contributed by atoms with Crippen molar-refractivity contribution >= 4 is 33.4 Å². The van der Waals surface area contributed by atoms with E-state index >= 15 is 0 Å². The molecule has 3 aromatic carbocycles. The standard InChI is InChI=1S/C24H25FN2O4S2/c1-32-14-13-23(27-33(29,30)22-11-3-2-4-12-22)24(28)26-20-9-6-10-21(16-20)31-17-18-7-5-8-19(25)15-18/h2-12,15-16,23,27H,13-14,17H2,1H3,(H,26,28). The maximum absolute atomic E-state index is 13.3. The van der Waals surface area contributed by atoms with Crippen LogP contribution < -0.4 is 14.8 Å². The quantitative estimate of drug-likeness (QED) is 0.417. The van der Waals surface area contributed by atoms with Gasteiger partial charge < -0.3 is 10.1 Å². The highest BCUT2D eigenvalue weighted by atomic mass is 32.2. The molecule has 0 spiro atoms. The van der Waals surface area contributed by atoms with E-state index < -0.39 is 22.0 Å². The fourth-order valence-corrected chi connectivity index (χ4v) is 4.74. The Morgan fingerprint density at radius 3 is 2.52 bits per heavy atom. The van der Waals surface area contributed by atoms with Crippen LogP contribution in [-0.2, 0) is 21.4 Å². The number of halogens is 1. The van der Waals surface area contributed by atoms with Crippen molar-refractivity contribution in [3.63, 3.8) is 0 Å². The van der Waals surface area contributed by atoms with Crippen LogP contribution in [-0.4, -0.2) is 32.4 Å². The number of hydrogen-bond donors (Lipinski definition) is 2. The molecule has 0 aliphatic rings. The second kappa shape index (κ2) is 11.8. The van der Waals surface area contributed by atoms with E-state index in [1.807, 2.05) is 6.26 Å². The van der Waals surface area contributed by atoms with E-state index in [0.717, 1.165) is 0 Å². The third kappa shape index (κ3) is 7.59. The topological polar surface area (TPSA) is 84.5 Å². The summed E-state index contributed by atoms with van der Waals surface area (Å²) in [6, 6.07) is 19.8. The summed E-state index contributed by atoms with van der Waals surface area (Å²) in [5, 5.41) is 2.76. The number of nitrogens with one attached hydrogen (secondary N) is 2. The van der Waals surface area contributed by atoms with Gasteiger partial charge in [0.05, 0.1) is 4.90 Å². The van der Waals surface area contributed by atoms with Gasteiger partial charge in [0.2, 0.25) is 15.9 Å². The zero-order valence-electron chi connectivity index (χ0n) is 18.0. The van der Waals surface area contributed by atoms with Gasteiger partial charge in [0.25, 0.3) is 0 Å². The number of benzene rings is 3. The molecule has 0 aliphatic heterocycles. The molecule has 33 heavy (non-hydrogen) atoms. The van der Waals surface area contributed by atoms with E-state index in [4.69, 9.17) is 4.74 Å². The zero-order valence-corrected chi connectivity index (χ0v) is 19.7. The fraction of sp³-hybridized carbons (Fsp3) is 0.208. The van der Waals surface area contributed by atoms with Crippen LogP contribution in [0.3, 0.4) is 0 Å². The van der Waals surface area contributed by atoms with Gasteiger partial charge in [0.15, 0.2) is 0 Å². The first-order valence-corrected chi connectivity index (χ1v) is 13.1. The molecule has 174 valence electrons. The molecule has 3 aromatic rings. The van der Waals surface area contributed by atoms with Crippen molar-refractivity contribution in [2.45, 2.75) is 24.0 Å². The average molecular weight is 489 g/mol. The maximum atomic E-state index is 13.3. The number of sulfonamides is 1. The second-order valence-electron chi connectivity index (χ2n) is 7.20. The smallest absolute Gasteiger partial charge is 0.242 e. The fourth-order valence-electron chi connectivity index (χ4n) is 3.02. The van der Waals surface area contributed by atoms with Crippen LogP contribution in [0.25, 0.3) is 0 Å². The van der Waals surface area contributed by atoms with Gasteiger partial charge in [-0.15, -0.1) is 0 Å². The summed E-state index contributed by atoms with van der Waals surface area (Å²) in [6.45, 7) is 0.169. The molecule has 3 rings (SSSR count). The van der Waals surface area contributed by atoms with Crippen LogP contribution >= 0.6 is 11.8 Å². The summed E-state index contributed by atoms with van der Waals surface area (Å²) in [5.74, 6) is 0.284. The van der Waals surface area contributed by atoms with E-state index in [0.29, 0.717) is 29.2 Å². The largest absolute Gasteiger partial charge is 0.489 e. The van der Waals surface area contributed by atoms with Crippen LogP contribution in [0.1, 0.15) is 12.0 Å². The molecule has 9 heteroatoms. The van der Waals surface area contributed by atoms with Gasteiger partial charge in [-0.3, -0.25) is 4.79 Å². The van der Waals surface area contributed by atoms with E-state index in [-0.39, 0.29) is 17.3 Å². The molecule has 6 nitrogen and oxygen atoms in total. The molecular formula is C24H25FN2O4S2. The lowest BCUT2D eigenvalue weighted by molar-refractivity contribution is -0.117. The van der Waals surface area contributed by atoms with Crippen LogP contribution in [0.4, 0.5) is 10.1 Å². The Morgan fingerprint density at radius 2 is 1.79 bits per heavy atom. The normalized spacial score (nSPS) is 12.2. The molecule has 2 N–H and O–H groups in total. The number of carbonyl (C=O) groups excluding carboxylic acids is 1. The molecule has 0 bridgehead atoms. The van der Waals surface area contributed by atoms with Gasteiger partial charge in [-0.25, -0.2) is 12.8 Å². The summed E-state index contributed by atoms with van der Waals surface area (Å²) in [4.78, 5) is 13.0. The highest BCUT2D eigenvalue weighted by Gasteiger charge is 2.25. The van der Waals surface area contributed by atoms with Crippen molar-refractivity contribution in [2.75, 3.05) is 17.3 Å². The summed E-state index contributed by atoms with van der Waals surface area (Å²) in [6.07, 6.45) is 2.22. The molecule has 0 radical (unpaired) electrons. The Bertz CT molecular complexity index is 1170. The van der Waals surface area contributed by atoms with Gasteiger partial charge >= 0.3 is 0 Å². The third-order valence-corrected chi connectivity index (χ3v) is 6.81. The lowest BCUT2D eigenvalue weighted by atomic mass is 10.2. The first-order chi connectivity index (χ1) is 15.9. The van der Waals surface area contributed by atoms with Crippen molar-refractivity contribution < 1.29 is 22.3 Å². The number of thioether (sulfide) groups is 1. The summed E-state index contributed by atoms with van der Waals surface area (Å²) in [7, 11) is -3.85. The van der Waals surface area contributed by atoms with E-state index in [9.17, 15) is 17.6 Å². The summed E-state index contributed by atoms with van der Waals surface area (Å²) >= 11 is 1.52. The molecular weight excluding hydrogens is 463 g/mol. The van der Waals surface area contributed by atoms with Crippen molar-refractivity contribution in [1.29, 1.82) is 0 Å². The summed E-state index contributed by atoms with van der Waals surface area (Å²) < 4.78 is 47.0. The molecule has 1 unspecified atom stereocenters. The van der Waals surface area contributed by atoms with Crippen molar-refractivity contribution in [3.8, 4) is 5.75 Å². The lowest BCUT2D eigenvalue weighted by Gasteiger charge is -2.18.